The molecule has 0 aliphatic rings. The smallest absolute Gasteiger partial charge is 0.273 e. The fourth-order valence-corrected chi connectivity index (χ4v) is 2.11. The van der Waals surface area contributed by atoms with Gasteiger partial charge in [-0.2, -0.15) is 0 Å². The highest BCUT2D eigenvalue weighted by Crippen LogP contribution is 2.17. The van der Waals surface area contributed by atoms with Crippen LogP contribution < -0.4 is 20.5 Å². The van der Waals surface area contributed by atoms with Crippen LogP contribution in [0.4, 0.5) is 5.69 Å². The Labute approximate surface area is 141 Å². The quantitative estimate of drug-likeness (QED) is 0.826. The van der Waals surface area contributed by atoms with Crippen LogP contribution in [-0.2, 0) is 0 Å². The molecule has 6 nitrogen and oxygen atoms in total. The summed E-state index contributed by atoms with van der Waals surface area (Å²) in [6, 6.07) is 14.0. The molecule has 2 N–H and O–H groups in total. The molecule has 2 aromatic carbocycles. The molecule has 0 unspecified atom stereocenters. The van der Waals surface area contributed by atoms with Crippen molar-refractivity contribution in [1.82, 2.24) is 10.9 Å². The predicted octanol–water partition coefficient (Wildman–Crippen LogP) is 2.23. The van der Waals surface area contributed by atoms with Crippen LogP contribution >= 0.6 is 0 Å². The Morgan fingerprint density at radius 1 is 1.00 bits per heavy atom. The average Bonchev–Trinajstić information content (AvgIpc) is 2.60. The minimum Gasteiger partial charge on any atom is -0.493 e. The number of amides is 2. The van der Waals surface area contributed by atoms with Crippen molar-refractivity contribution in [1.29, 1.82) is 0 Å². The average molecular weight is 327 g/mol. The summed E-state index contributed by atoms with van der Waals surface area (Å²) in [7, 11) is 3.78. The lowest BCUT2D eigenvalue weighted by atomic mass is 10.2. The highest BCUT2D eigenvalue weighted by Gasteiger charge is 2.13. The summed E-state index contributed by atoms with van der Waals surface area (Å²) in [5, 5.41) is 0. The first-order chi connectivity index (χ1) is 11.5. The topological polar surface area (TPSA) is 70.7 Å². The molecule has 2 aromatic rings. The highest BCUT2D eigenvalue weighted by atomic mass is 16.5. The zero-order chi connectivity index (χ0) is 17.5. The Balaban J connectivity index is 2.04. The number of nitrogens with zero attached hydrogens (tertiary/aromatic N) is 1. The Bertz CT molecular complexity index is 729. The summed E-state index contributed by atoms with van der Waals surface area (Å²) in [4.78, 5) is 26.3. The summed E-state index contributed by atoms with van der Waals surface area (Å²) in [5.74, 6) is -0.349. The maximum absolute atomic E-state index is 12.2. The molecule has 24 heavy (non-hydrogen) atoms. The lowest BCUT2D eigenvalue weighted by molar-refractivity contribution is 0.0844. The lowest BCUT2D eigenvalue weighted by Crippen LogP contribution is -2.41. The third-order valence-electron chi connectivity index (χ3n) is 3.35. The van der Waals surface area contributed by atoms with Crippen LogP contribution in [-0.4, -0.2) is 32.5 Å². The number of carbonyl (C=O) groups is 2. The van der Waals surface area contributed by atoms with Gasteiger partial charge in [0.1, 0.15) is 5.75 Å². The first kappa shape index (κ1) is 17.3. The number of para-hydroxylation sites is 1. The van der Waals surface area contributed by atoms with Crippen LogP contribution in [0.3, 0.4) is 0 Å². The van der Waals surface area contributed by atoms with Crippen molar-refractivity contribution >= 4 is 17.5 Å². The van der Waals surface area contributed by atoms with Crippen LogP contribution in [0.5, 0.6) is 5.75 Å². The minimum atomic E-state index is -0.434. The summed E-state index contributed by atoms with van der Waals surface area (Å²) >= 11 is 0. The van der Waals surface area contributed by atoms with Crippen molar-refractivity contribution in [2.75, 3.05) is 25.6 Å². The number of benzene rings is 2. The van der Waals surface area contributed by atoms with Crippen molar-refractivity contribution in [3.63, 3.8) is 0 Å². The normalized spacial score (nSPS) is 9.96. The molecule has 0 radical (unpaired) electrons. The van der Waals surface area contributed by atoms with Gasteiger partial charge in [-0.25, -0.2) is 0 Å². The van der Waals surface area contributed by atoms with Crippen molar-refractivity contribution in [2.24, 2.45) is 0 Å². The standard InChI is InChI=1S/C18H21N3O3/c1-4-24-16-11-6-5-10-15(16)18(23)20-19-17(22)13-8-7-9-14(12-13)21(2)3/h5-12H,4H2,1-3H3,(H,19,22)(H,20,23). The molecule has 0 saturated carbocycles. The van der Waals surface area contributed by atoms with Crippen molar-refractivity contribution in [3.8, 4) is 5.75 Å². The van der Waals surface area contributed by atoms with E-state index in [1.54, 1.807) is 42.5 Å². The first-order valence-corrected chi connectivity index (χ1v) is 7.62. The van der Waals surface area contributed by atoms with Gasteiger partial charge in [0.05, 0.1) is 12.2 Å². The van der Waals surface area contributed by atoms with E-state index in [1.165, 1.54) is 0 Å². The van der Waals surface area contributed by atoms with Gasteiger partial charge in [-0.15, -0.1) is 0 Å². The van der Waals surface area contributed by atoms with Crippen LogP contribution in [0.1, 0.15) is 27.6 Å². The van der Waals surface area contributed by atoms with Gasteiger partial charge >= 0.3 is 0 Å². The number of anilines is 1. The third-order valence-corrected chi connectivity index (χ3v) is 3.35. The Morgan fingerprint density at radius 3 is 2.42 bits per heavy atom. The zero-order valence-corrected chi connectivity index (χ0v) is 14.0. The van der Waals surface area contributed by atoms with E-state index in [2.05, 4.69) is 10.9 Å². The van der Waals surface area contributed by atoms with Gasteiger partial charge in [0.2, 0.25) is 0 Å². The van der Waals surface area contributed by atoms with Crippen LogP contribution in [0.2, 0.25) is 0 Å². The van der Waals surface area contributed by atoms with Gasteiger partial charge in [0.15, 0.2) is 0 Å². The number of carbonyl (C=O) groups excluding carboxylic acids is 2. The molecule has 0 bridgehead atoms. The van der Waals surface area contributed by atoms with Crippen molar-refractivity contribution < 1.29 is 14.3 Å². The highest BCUT2D eigenvalue weighted by molar-refractivity contribution is 6.00. The molecule has 0 aromatic heterocycles. The Hall–Kier alpha value is -3.02. The van der Waals surface area contributed by atoms with Gasteiger partial charge in [-0.1, -0.05) is 18.2 Å². The summed E-state index contributed by atoms with van der Waals surface area (Å²) in [6.45, 7) is 2.29. The number of ether oxygens (including phenoxy) is 1. The molecule has 0 atom stereocenters. The van der Waals surface area contributed by atoms with E-state index in [0.717, 1.165) is 5.69 Å². The molecule has 2 rings (SSSR count). The van der Waals surface area contributed by atoms with Gasteiger partial charge < -0.3 is 9.64 Å². The molecule has 0 spiro atoms. The maximum atomic E-state index is 12.2. The maximum Gasteiger partial charge on any atom is 0.273 e. The molecular formula is C18H21N3O3. The van der Waals surface area contributed by atoms with Crippen molar-refractivity contribution in [3.05, 3.63) is 59.7 Å². The fraction of sp³-hybridized carbons (Fsp3) is 0.222. The van der Waals surface area contributed by atoms with E-state index >= 15 is 0 Å². The summed E-state index contributed by atoms with van der Waals surface area (Å²) in [6.07, 6.45) is 0. The lowest BCUT2D eigenvalue weighted by Gasteiger charge is -2.14. The first-order valence-electron chi connectivity index (χ1n) is 7.62. The largest absolute Gasteiger partial charge is 0.493 e. The second-order valence-electron chi connectivity index (χ2n) is 5.28. The fourth-order valence-electron chi connectivity index (χ4n) is 2.11. The third kappa shape index (κ3) is 4.25. The SMILES string of the molecule is CCOc1ccccc1C(=O)NNC(=O)c1cccc(N(C)C)c1. The number of hydrogen-bond donors (Lipinski definition) is 2. The Kier molecular flexibility index (Phi) is 5.78. The van der Waals surface area contributed by atoms with Gasteiger partial charge in [0.25, 0.3) is 11.8 Å². The second kappa shape index (κ2) is 8.01. The molecule has 0 aliphatic heterocycles. The van der Waals surface area contributed by atoms with Gasteiger partial charge in [0, 0.05) is 25.3 Å². The van der Waals surface area contributed by atoms with E-state index in [9.17, 15) is 9.59 Å². The second-order valence-corrected chi connectivity index (χ2v) is 5.28. The summed E-state index contributed by atoms with van der Waals surface area (Å²) < 4.78 is 5.41. The molecule has 0 fully saturated rings. The minimum absolute atomic E-state index is 0.363. The molecule has 6 heteroatoms. The molecule has 2 amide bonds. The van der Waals surface area contributed by atoms with Crippen molar-refractivity contribution in [2.45, 2.75) is 6.92 Å². The van der Waals surface area contributed by atoms with Crippen LogP contribution in [0, 0.1) is 0 Å². The molecule has 0 aliphatic carbocycles. The van der Waals surface area contributed by atoms with E-state index in [-0.39, 0.29) is 5.91 Å². The van der Waals surface area contributed by atoms with E-state index in [4.69, 9.17) is 4.74 Å². The van der Waals surface area contributed by atoms with Gasteiger partial charge in [-0.05, 0) is 37.3 Å². The zero-order valence-electron chi connectivity index (χ0n) is 14.0. The molecule has 0 saturated heterocycles. The number of nitrogens with one attached hydrogen (secondary N) is 2. The Morgan fingerprint density at radius 2 is 1.71 bits per heavy atom. The monoisotopic (exact) mass is 327 g/mol. The predicted molar refractivity (Wildman–Crippen MR) is 93.3 cm³/mol. The molecule has 0 heterocycles. The number of rotatable bonds is 5. The van der Waals surface area contributed by atoms with Crippen LogP contribution in [0.25, 0.3) is 0 Å². The number of hydrogen-bond acceptors (Lipinski definition) is 4. The molecular weight excluding hydrogens is 306 g/mol. The summed E-state index contributed by atoms with van der Waals surface area (Å²) in [5.41, 5.74) is 6.55. The van der Waals surface area contributed by atoms with E-state index < -0.39 is 5.91 Å². The van der Waals surface area contributed by atoms with E-state index in [0.29, 0.717) is 23.5 Å². The van der Waals surface area contributed by atoms with Gasteiger partial charge in [-0.3, -0.25) is 20.4 Å². The number of hydrazine groups is 1. The molecule has 126 valence electrons. The van der Waals surface area contributed by atoms with Crippen LogP contribution in [0.15, 0.2) is 48.5 Å². The van der Waals surface area contributed by atoms with E-state index in [1.807, 2.05) is 32.0 Å².